The van der Waals surface area contributed by atoms with Crippen LogP contribution in [0.25, 0.3) is 0 Å². The lowest BCUT2D eigenvalue weighted by Crippen LogP contribution is -2.19. The Kier molecular flexibility index (Phi) is 4.61. The zero-order chi connectivity index (χ0) is 13.0. The number of hydrogen-bond donors (Lipinski definition) is 0. The summed E-state index contributed by atoms with van der Waals surface area (Å²) >= 11 is 9.36. The molecule has 0 N–H and O–H groups in total. The highest BCUT2D eigenvalue weighted by Crippen LogP contribution is 2.20. The monoisotopic (exact) mass is 324 g/mol. The van der Waals surface area contributed by atoms with Gasteiger partial charge in [-0.1, -0.05) is 34.1 Å². The molecule has 0 saturated heterocycles. The number of hydrogen-bond acceptors (Lipinski definition) is 2. The van der Waals surface area contributed by atoms with Gasteiger partial charge in [-0.05, 0) is 23.8 Å². The van der Waals surface area contributed by atoms with Crippen LogP contribution in [-0.4, -0.2) is 12.0 Å². The van der Waals surface area contributed by atoms with E-state index < -0.39 is 0 Å². The Morgan fingerprint density at radius 3 is 2.61 bits per heavy atom. The van der Waals surface area contributed by atoms with Crippen LogP contribution in [0.3, 0.4) is 0 Å². The average molecular weight is 326 g/mol. The third-order valence-electron chi connectivity index (χ3n) is 2.71. The first-order valence-corrected chi connectivity index (χ1v) is 6.99. The number of pyridine rings is 1. The van der Waals surface area contributed by atoms with Crippen molar-refractivity contribution in [1.29, 1.82) is 0 Å². The summed E-state index contributed by atoms with van der Waals surface area (Å²) in [5, 5.41) is 0. The number of aromatic nitrogens is 1. The Morgan fingerprint density at radius 2 is 1.94 bits per heavy atom. The van der Waals surface area contributed by atoms with Crippen molar-refractivity contribution in [2.75, 3.05) is 11.9 Å². The molecular weight excluding hydrogens is 312 g/mol. The van der Waals surface area contributed by atoms with E-state index in [0.29, 0.717) is 5.88 Å². The van der Waals surface area contributed by atoms with Crippen LogP contribution < -0.4 is 4.90 Å². The van der Waals surface area contributed by atoms with Gasteiger partial charge in [-0.25, -0.2) is 4.98 Å². The molecule has 0 aliphatic carbocycles. The number of halogens is 2. The zero-order valence-electron chi connectivity index (χ0n) is 10.1. The molecule has 1 aromatic heterocycles. The van der Waals surface area contributed by atoms with Gasteiger partial charge in [0.1, 0.15) is 5.82 Å². The van der Waals surface area contributed by atoms with Crippen molar-refractivity contribution in [2.24, 2.45) is 0 Å². The van der Waals surface area contributed by atoms with E-state index in [2.05, 4.69) is 37.9 Å². The summed E-state index contributed by atoms with van der Waals surface area (Å²) in [5.41, 5.74) is 2.30. The molecule has 1 heterocycles. The maximum Gasteiger partial charge on any atom is 0.132 e. The molecule has 0 amide bonds. The molecule has 94 valence electrons. The highest BCUT2D eigenvalue weighted by Gasteiger charge is 2.08. The molecule has 2 nitrogen and oxygen atoms in total. The van der Waals surface area contributed by atoms with Crippen LogP contribution in [0.15, 0.2) is 47.1 Å². The molecule has 0 aliphatic rings. The van der Waals surface area contributed by atoms with E-state index in [4.69, 9.17) is 11.6 Å². The highest BCUT2D eigenvalue weighted by molar-refractivity contribution is 9.10. The lowest BCUT2D eigenvalue weighted by atomic mass is 10.2. The summed E-state index contributed by atoms with van der Waals surface area (Å²) in [5.74, 6) is 1.42. The standard InChI is InChI=1S/C14H14BrClN2/c1-18(10-11-4-6-13(15)7-5-11)14-12(9-16)3-2-8-17-14/h2-8H,9-10H2,1H3. The normalized spacial score (nSPS) is 10.4. The molecule has 4 heteroatoms. The lowest BCUT2D eigenvalue weighted by Gasteiger charge is -2.20. The fraction of sp³-hybridized carbons (Fsp3) is 0.214. The van der Waals surface area contributed by atoms with Crippen LogP contribution in [-0.2, 0) is 12.4 Å². The summed E-state index contributed by atoms with van der Waals surface area (Å²) < 4.78 is 1.09. The van der Waals surface area contributed by atoms with Gasteiger partial charge in [-0.2, -0.15) is 0 Å². The second-order valence-electron chi connectivity index (χ2n) is 4.10. The molecule has 0 aliphatic heterocycles. The fourth-order valence-corrected chi connectivity index (χ4v) is 2.29. The van der Waals surface area contributed by atoms with E-state index in [1.807, 2.05) is 31.3 Å². The minimum Gasteiger partial charge on any atom is -0.355 e. The molecule has 2 aromatic rings. The first-order valence-electron chi connectivity index (χ1n) is 5.66. The Morgan fingerprint density at radius 1 is 1.22 bits per heavy atom. The van der Waals surface area contributed by atoms with E-state index in [-0.39, 0.29) is 0 Å². The maximum atomic E-state index is 5.93. The maximum absolute atomic E-state index is 5.93. The minimum atomic E-state index is 0.480. The molecule has 0 unspecified atom stereocenters. The van der Waals surface area contributed by atoms with Gasteiger partial charge in [0, 0.05) is 29.8 Å². The third kappa shape index (κ3) is 3.24. The van der Waals surface area contributed by atoms with Crippen LogP contribution in [0.1, 0.15) is 11.1 Å². The summed E-state index contributed by atoms with van der Waals surface area (Å²) in [6.45, 7) is 0.814. The van der Waals surface area contributed by atoms with Crippen LogP contribution >= 0.6 is 27.5 Å². The van der Waals surface area contributed by atoms with Crippen molar-refractivity contribution < 1.29 is 0 Å². The largest absolute Gasteiger partial charge is 0.355 e. The molecule has 0 spiro atoms. The number of alkyl halides is 1. The summed E-state index contributed by atoms with van der Waals surface area (Å²) in [7, 11) is 2.03. The van der Waals surface area contributed by atoms with Gasteiger partial charge < -0.3 is 4.90 Å². The van der Waals surface area contributed by atoms with Crippen LogP contribution in [0.4, 0.5) is 5.82 Å². The Hall–Kier alpha value is -1.06. The third-order valence-corrected chi connectivity index (χ3v) is 3.52. The van der Waals surface area contributed by atoms with Gasteiger partial charge in [-0.3, -0.25) is 0 Å². The molecule has 0 fully saturated rings. The van der Waals surface area contributed by atoms with E-state index in [9.17, 15) is 0 Å². The quantitative estimate of drug-likeness (QED) is 0.782. The van der Waals surface area contributed by atoms with Crippen molar-refractivity contribution in [1.82, 2.24) is 4.98 Å². The predicted octanol–water partition coefficient (Wildman–Crippen LogP) is 4.22. The number of benzene rings is 1. The molecule has 0 saturated carbocycles. The summed E-state index contributed by atoms with van der Waals surface area (Å²) in [6.07, 6.45) is 1.80. The molecule has 0 atom stereocenters. The van der Waals surface area contributed by atoms with Gasteiger partial charge in [0.2, 0.25) is 0 Å². The van der Waals surface area contributed by atoms with E-state index in [1.54, 1.807) is 6.20 Å². The van der Waals surface area contributed by atoms with Crippen molar-refractivity contribution in [3.63, 3.8) is 0 Å². The predicted molar refractivity (Wildman–Crippen MR) is 80.0 cm³/mol. The fourth-order valence-electron chi connectivity index (χ4n) is 1.82. The van der Waals surface area contributed by atoms with Crippen molar-refractivity contribution in [3.05, 3.63) is 58.2 Å². The summed E-state index contributed by atoms with van der Waals surface area (Å²) in [4.78, 5) is 6.51. The number of anilines is 1. The Bertz CT molecular complexity index is 513. The van der Waals surface area contributed by atoms with Crippen LogP contribution in [0.2, 0.25) is 0 Å². The topological polar surface area (TPSA) is 16.1 Å². The number of nitrogens with zero attached hydrogens (tertiary/aromatic N) is 2. The summed E-state index contributed by atoms with van der Waals surface area (Å²) in [6, 6.07) is 12.2. The second-order valence-corrected chi connectivity index (χ2v) is 5.29. The van der Waals surface area contributed by atoms with E-state index in [0.717, 1.165) is 22.4 Å². The Labute approximate surface area is 121 Å². The average Bonchev–Trinajstić information content (AvgIpc) is 2.41. The first kappa shape index (κ1) is 13.4. The zero-order valence-corrected chi connectivity index (χ0v) is 12.4. The van der Waals surface area contributed by atoms with Gasteiger partial charge in [0.25, 0.3) is 0 Å². The molecule has 0 bridgehead atoms. The van der Waals surface area contributed by atoms with Gasteiger partial charge in [-0.15, -0.1) is 11.6 Å². The molecule has 18 heavy (non-hydrogen) atoms. The molecule has 1 aromatic carbocycles. The minimum absolute atomic E-state index is 0.480. The molecule has 0 radical (unpaired) electrons. The first-order chi connectivity index (χ1) is 8.70. The lowest BCUT2D eigenvalue weighted by molar-refractivity contribution is 0.889. The van der Waals surface area contributed by atoms with Crippen molar-refractivity contribution >= 4 is 33.3 Å². The molecular formula is C14H14BrClN2. The van der Waals surface area contributed by atoms with E-state index in [1.165, 1.54) is 5.56 Å². The van der Waals surface area contributed by atoms with Crippen molar-refractivity contribution in [2.45, 2.75) is 12.4 Å². The second kappa shape index (κ2) is 6.21. The smallest absolute Gasteiger partial charge is 0.132 e. The molecule has 2 rings (SSSR count). The van der Waals surface area contributed by atoms with Crippen LogP contribution in [0, 0.1) is 0 Å². The van der Waals surface area contributed by atoms with Gasteiger partial charge >= 0.3 is 0 Å². The van der Waals surface area contributed by atoms with Gasteiger partial charge in [0.05, 0.1) is 5.88 Å². The van der Waals surface area contributed by atoms with Crippen LogP contribution in [0.5, 0.6) is 0 Å². The van der Waals surface area contributed by atoms with Gasteiger partial charge in [0.15, 0.2) is 0 Å². The van der Waals surface area contributed by atoms with Crippen molar-refractivity contribution in [3.8, 4) is 0 Å². The number of rotatable bonds is 4. The SMILES string of the molecule is CN(Cc1ccc(Br)cc1)c1ncccc1CCl. The Balaban J connectivity index is 2.16. The van der Waals surface area contributed by atoms with E-state index >= 15 is 0 Å². The highest BCUT2D eigenvalue weighted by atomic mass is 79.9.